The van der Waals surface area contributed by atoms with Crippen LogP contribution in [0.4, 0.5) is 5.69 Å². The Labute approximate surface area is 153 Å². The number of hydrogen-bond donors (Lipinski definition) is 1. The summed E-state index contributed by atoms with van der Waals surface area (Å²) in [5.41, 5.74) is 1.82. The van der Waals surface area contributed by atoms with E-state index >= 15 is 0 Å². The number of aldehydes is 1. The molecule has 0 saturated carbocycles. The average Bonchev–Trinajstić information content (AvgIpc) is 2.89. The maximum absolute atomic E-state index is 12.7. The molecule has 0 unspecified atom stereocenters. The summed E-state index contributed by atoms with van der Waals surface area (Å²) in [6.45, 7) is 0. The van der Waals surface area contributed by atoms with Gasteiger partial charge in [-0.3, -0.25) is 14.5 Å². The fourth-order valence-electron chi connectivity index (χ4n) is 2.29. The summed E-state index contributed by atoms with van der Waals surface area (Å²) in [4.78, 5) is 36.2. The minimum Gasteiger partial charge on any atom is -0.478 e. The van der Waals surface area contributed by atoms with E-state index in [0.29, 0.717) is 20.5 Å². The molecule has 0 aliphatic carbocycles. The van der Waals surface area contributed by atoms with Crippen LogP contribution >= 0.6 is 24.0 Å². The zero-order valence-corrected chi connectivity index (χ0v) is 14.3. The van der Waals surface area contributed by atoms with Crippen molar-refractivity contribution >= 4 is 58.2 Å². The van der Waals surface area contributed by atoms with E-state index in [9.17, 15) is 14.4 Å². The molecule has 1 amide bonds. The van der Waals surface area contributed by atoms with Crippen LogP contribution < -0.4 is 4.90 Å². The Kier molecular flexibility index (Phi) is 4.78. The van der Waals surface area contributed by atoms with Crippen molar-refractivity contribution in [1.29, 1.82) is 0 Å². The zero-order chi connectivity index (χ0) is 18.0. The van der Waals surface area contributed by atoms with E-state index in [-0.39, 0.29) is 11.5 Å². The highest BCUT2D eigenvalue weighted by Gasteiger charge is 2.33. The van der Waals surface area contributed by atoms with Gasteiger partial charge in [-0.25, -0.2) is 4.79 Å². The van der Waals surface area contributed by atoms with Crippen molar-refractivity contribution in [2.45, 2.75) is 0 Å². The van der Waals surface area contributed by atoms with Crippen LogP contribution in [0.15, 0.2) is 53.4 Å². The fraction of sp³-hybridized carbons (Fsp3) is 0. The van der Waals surface area contributed by atoms with Gasteiger partial charge < -0.3 is 5.11 Å². The first-order chi connectivity index (χ1) is 12.0. The number of thioether (sulfide) groups is 1. The highest BCUT2D eigenvalue weighted by Crippen LogP contribution is 2.36. The summed E-state index contributed by atoms with van der Waals surface area (Å²) in [5, 5.41) is 9.10. The third kappa shape index (κ3) is 3.52. The lowest BCUT2D eigenvalue weighted by Gasteiger charge is -2.14. The highest BCUT2D eigenvalue weighted by atomic mass is 32.2. The Balaban J connectivity index is 1.91. The standard InChI is InChI=1S/C18H11NO4S2/c20-10-12-6-4-11(5-7-12)8-15-16(21)19(18(24)25-15)14-3-1-2-13(9-14)17(22)23/h1-10H,(H,22,23)/b15-8-. The summed E-state index contributed by atoms with van der Waals surface area (Å²) in [6, 6.07) is 12.9. The van der Waals surface area contributed by atoms with Crippen LogP contribution in [0.3, 0.4) is 0 Å². The van der Waals surface area contributed by atoms with Crippen LogP contribution in [0.1, 0.15) is 26.3 Å². The van der Waals surface area contributed by atoms with E-state index in [1.54, 1.807) is 42.5 Å². The number of benzene rings is 2. The summed E-state index contributed by atoms with van der Waals surface area (Å²) in [5.74, 6) is -1.38. The lowest BCUT2D eigenvalue weighted by molar-refractivity contribution is -0.113. The van der Waals surface area contributed by atoms with Gasteiger partial charge >= 0.3 is 5.97 Å². The molecule has 3 rings (SSSR count). The first-order valence-electron chi connectivity index (χ1n) is 7.16. The topological polar surface area (TPSA) is 74.7 Å². The van der Waals surface area contributed by atoms with E-state index < -0.39 is 5.97 Å². The number of rotatable bonds is 4. The van der Waals surface area contributed by atoms with Gasteiger partial charge in [0.15, 0.2) is 4.32 Å². The van der Waals surface area contributed by atoms with E-state index in [0.717, 1.165) is 23.6 Å². The quantitative estimate of drug-likeness (QED) is 0.504. The van der Waals surface area contributed by atoms with E-state index in [1.807, 2.05) is 0 Å². The molecule has 0 spiro atoms. The van der Waals surface area contributed by atoms with E-state index in [4.69, 9.17) is 17.3 Å². The number of hydrogen-bond acceptors (Lipinski definition) is 5. The van der Waals surface area contributed by atoms with Crippen molar-refractivity contribution in [2.75, 3.05) is 4.90 Å². The van der Waals surface area contributed by atoms with Crippen LogP contribution in [-0.4, -0.2) is 27.6 Å². The summed E-state index contributed by atoms with van der Waals surface area (Å²) in [7, 11) is 0. The van der Waals surface area contributed by atoms with Crippen molar-refractivity contribution in [3.63, 3.8) is 0 Å². The lowest BCUT2D eigenvalue weighted by atomic mass is 10.1. The van der Waals surface area contributed by atoms with Gasteiger partial charge in [0.2, 0.25) is 0 Å². The molecule has 7 heteroatoms. The number of amides is 1. The van der Waals surface area contributed by atoms with Gasteiger partial charge in [-0.05, 0) is 29.8 Å². The second-order valence-electron chi connectivity index (χ2n) is 5.16. The van der Waals surface area contributed by atoms with Gasteiger partial charge in [-0.15, -0.1) is 0 Å². The van der Waals surface area contributed by atoms with Crippen molar-refractivity contribution in [3.8, 4) is 0 Å². The largest absolute Gasteiger partial charge is 0.478 e. The maximum Gasteiger partial charge on any atom is 0.335 e. The van der Waals surface area contributed by atoms with Crippen LogP contribution in [0.25, 0.3) is 6.08 Å². The Bertz CT molecular complexity index is 919. The fourth-order valence-corrected chi connectivity index (χ4v) is 3.59. The average molecular weight is 369 g/mol. The number of aromatic carboxylic acids is 1. The van der Waals surface area contributed by atoms with Crippen molar-refractivity contribution in [2.24, 2.45) is 0 Å². The number of anilines is 1. The first-order valence-corrected chi connectivity index (χ1v) is 8.38. The first kappa shape index (κ1) is 17.1. The Morgan fingerprint density at radius 1 is 1.12 bits per heavy atom. The number of carbonyl (C=O) groups excluding carboxylic acids is 2. The van der Waals surface area contributed by atoms with Gasteiger partial charge in [0.1, 0.15) is 6.29 Å². The predicted molar refractivity (Wildman–Crippen MR) is 101 cm³/mol. The lowest BCUT2D eigenvalue weighted by Crippen LogP contribution is -2.27. The number of thiocarbonyl (C=S) groups is 1. The summed E-state index contributed by atoms with van der Waals surface area (Å²) < 4.78 is 0.336. The SMILES string of the molecule is O=Cc1ccc(/C=C2\SC(=S)N(c3cccc(C(=O)O)c3)C2=O)cc1. The van der Waals surface area contributed by atoms with Gasteiger partial charge in [0.25, 0.3) is 5.91 Å². The van der Waals surface area contributed by atoms with Gasteiger partial charge in [0, 0.05) is 5.56 Å². The summed E-state index contributed by atoms with van der Waals surface area (Å²) >= 11 is 6.42. The molecule has 0 aromatic heterocycles. The molecule has 5 nitrogen and oxygen atoms in total. The minimum atomic E-state index is -1.07. The number of nitrogens with zero attached hydrogens (tertiary/aromatic N) is 1. The number of carboxylic acids is 1. The molecule has 1 fully saturated rings. The third-order valence-corrected chi connectivity index (χ3v) is 4.82. The molecule has 0 radical (unpaired) electrons. The Hall–Kier alpha value is -2.77. The molecule has 1 heterocycles. The number of carbonyl (C=O) groups is 3. The van der Waals surface area contributed by atoms with E-state index in [2.05, 4.69) is 0 Å². The Morgan fingerprint density at radius 3 is 2.44 bits per heavy atom. The second-order valence-corrected chi connectivity index (χ2v) is 6.83. The molecule has 25 heavy (non-hydrogen) atoms. The van der Waals surface area contributed by atoms with E-state index in [1.165, 1.54) is 17.0 Å². The molecule has 2 aromatic rings. The van der Waals surface area contributed by atoms with Gasteiger partial charge in [-0.1, -0.05) is 54.3 Å². The van der Waals surface area contributed by atoms with Gasteiger partial charge in [0.05, 0.1) is 16.2 Å². The highest BCUT2D eigenvalue weighted by molar-refractivity contribution is 8.27. The number of carboxylic acid groups (broad SMARTS) is 1. The summed E-state index contributed by atoms with van der Waals surface area (Å²) in [6.07, 6.45) is 2.44. The molecule has 0 bridgehead atoms. The Morgan fingerprint density at radius 2 is 1.80 bits per heavy atom. The molecule has 1 N–H and O–H groups in total. The zero-order valence-electron chi connectivity index (χ0n) is 12.7. The molecule has 2 aromatic carbocycles. The monoisotopic (exact) mass is 369 g/mol. The molecular formula is C18H11NO4S2. The molecule has 1 aliphatic heterocycles. The minimum absolute atomic E-state index is 0.0833. The predicted octanol–water partition coefficient (Wildman–Crippen LogP) is 3.60. The normalized spacial score (nSPS) is 15.7. The van der Waals surface area contributed by atoms with Crippen LogP contribution in [-0.2, 0) is 4.79 Å². The molecular weight excluding hydrogens is 358 g/mol. The van der Waals surface area contributed by atoms with Crippen molar-refractivity contribution in [3.05, 3.63) is 70.1 Å². The van der Waals surface area contributed by atoms with Crippen LogP contribution in [0.2, 0.25) is 0 Å². The van der Waals surface area contributed by atoms with Gasteiger partial charge in [-0.2, -0.15) is 0 Å². The molecule has 124 valence electrons. The maximum atomic E-state index is 12.7. The third-order valence-electron chi connectivity index (χ3n) is 3.52. The van der Waals surface area contributed by atoms with Crippen LogP contribution in [0.5, 0.6) is 0 Å². The van der Waals surface area contributed by atoms with Crippen molar-refractivity contribution in [1.82, 2.24) is 0 Å². The second kappa shape index (κ2) is 7.00. The van der Waals surface area contributed by atoms with Crippen LogP contribution in [0, 0.1) is 0 Å². The van der Waals surface area contributed by atoms with Crippen molar-refractivity contribution < 1.29 is 19.5 Å². The molecule has 0 atom stereocenters. The molecule has 1 saturated heterocycles. The smallest absolute Gasteiger partial charge is 0.335 e. The molecule has 1 aliphatic rings.